The Labute approximate surface area is 260 Å². The molecule has 0 bridgehead atoms. The second-order valence-corrected chi connectivity index (χ2v) is 11.0. The molecule has 0 atom stereocenters. The molecule has 6 aromatic carbocycles. The first-order chi connectivity index (χ1) is 22.2. The van der Waals surface area contributed by atoms with Crippen LogP contribution in [0.1, 0.15) is 11.1 Å². The quantitative estimate of drug-likeness (QED) is 0.164. The van der Waals surface area contributed by atoms with Crippen molar-refractivity contribution in [1.82, 2.24) is 9.13 Å². The fraction of sp³-hybridized carbons (Fsp3) is 0. The molecule has 0 saturated carbocycles. The van der Waals surface area contributed by atoms with Crippen molar-refractivity contribution in [2.45, 2.75) is 0 Å². The van der Waals surface area contributed by atoms with Gasteiger partial charge in [0, 0.05) is 32.8 Å². The second-order valence-electron chi connectivity index (χ2n) is 11.0. The summed E-state index contributed by atoms with van der Waals surface area (Å²) in [7, 11) is 0. The maximum atomic E-state index is 6.99. The van der Waals surface area contributed by atoms with Crippen LogP contribution in [0.4, 0.5) is 0 Å². The summed E-state index contributed by atoms with van der Waals surface area (Å²) in [5.74, 6) is 0.818. The summed E-state index contributed by atoms with van der Waals surface area (Å²) in [5.41, 5.74) is 14.7. The number of nitrogens with zero attached hydrogens (tertiary/aromatic N) is 4. The molecule has 0 aliphatic rings. The van der Waals surface area contributed by atoms with Gasteiger partial charge in [-0.3, -0.25) is 4.57 Å². The monoisotopic (exact) mass is 579 g/mol. The van der Waals surface area contributed by atoms with Crippen LogP contribution in [-0.4, -0.2) is 20.9 Å². The fourth-order valence-corrected chi connectivity index (χ4v) is 6.26. The van der Waals surface area contributed by atoms with Crippen molar-refractivity contribution in [3.63, 3.8) is 0 Å². The van der Waals surface area contributed by atoms with Gasteiger partial charge < -0.3 is 10.3 Å². The van der Waals surface area contributed by atoms with E-state index in [1.54, 1.807) is 0 Å². The van der Waals surface area contributed by atoms with Crippen LogP contribution in [-0.2, 0) is 0 Å². The molecule has 8 aromatic rings. The highest BCUT2D eigenvalue weighted by Gasteiger charge is 2.19. The van der Waals surface area contributed by atoms with Crippen molar-refractivity contribution in [3.05, 3.63) is 169 Å². The Kier molecular flexibility index (Phi) is 6.35. The van der Waals surface area contributed by atoms with E-state index in [0.717, 1.165) is 49.7 Å². The molecule has 0 saturated heterocycles. The highest BCUT2D eigenvalue weighted by Crippen LogP contribution is 2.38. The van der Waals surface area contributed by atoms with Gasteiger partial charge >= 0.3 is 0 Å². The molecular formula is C40H29N5. The lowest BCUT2D eigenvalue weighted by Crippen LogP contribution is -2.24. The zero-order valence-corrected chi connectivity index (χ0v) is 24.5. The number of para-hydroxylation sites is 3. The summed E-state index contributed by atoms with van der Waals surface area (Å²) in [4.78, 5) is 9.89. The molecule has 2 N–H and O–H groups in total. The van der Waals surface area contributed by atoms with E-state index in [9.17, 15) is 0 Å². The molecule has 2 heterocycles. The second kappa shape index (κ2) is 10.8. The normalized spacial score (nSPS) is 12.4. The summed E-state index contributed by atoms with van der Waals surface area (Å²) in [6, 6.07) is 51.7. The molecule has 0 spiro atoms. The summed E-state index contributed by atoms with van der Waals surface area (Å²) >= 11 is 0. The van der Waals surface area contributed by atoms with Crippen molar-refractivity contribution < 1.29 is 0 Å². The molecule has 2 aromatic heterocycles. The van der Waals surface area contributed by atoms with Crippen LogP contribution < -0.4 is 5.73 Å². The molecule has 0 aliphatic heterocycles. The summed E-state index contributed by atoms with van der Waals surface area (Å²) in [5, 5.41) is 4.61. The van der Waals surface area contributed by atoms with Crippen molar-refractivity contribution in [3.8, 4) is 5.69 Å². The van der Waals surface area contributed by atoms with Gasteiger partial charge in [0.25, 0.3) is 0 Å². The number of benzene rings is 6. The Morgan fingerprint density at radius 2 is 1.02 bits per heavy atom. The minimum absolute atomic E-state index is 0.325. The SMILES string of the molecule is C=C(/N=C(\N=C(/N)n1c2ccccc2c2cc3c4ccccc4n(-c4ccccc4)c3cc21)c1ccccc1)c1ccccc1. The van der Waals surface area contributed by atoms with Gasteiger partial charge in [0.2, 0.25) is 5.96 Å². The van der Waals surface area contributed by atoms with Crippen molar-refractivity contribution in [2.24, 2.45) is 15.7 Å². The number of aliphatic imine (C=N–C) groups is 2. The number of hydrogen-bond donors (Lipinski definition) is 1. The molecule has 0 amide bonds. The number of rotatable bonds is 4. The molecule has 0 aliphatic carbocycles. The highest BCUT2D eigenvalue weighted by molar-refractivity contribution is 6.22. The molecule has 5 heteroatoms. The Balaban J connectivity index is 1.40. The van der Waals surface area contributed by atoms with E-state index in [-0.39, 0.29) is 0 Å². The number of hydrogen-bond acceptors (Lipinski definition) is 1. The van der Waals surface area contributed by atoms with E-state index in [0.29, 0.717) is 17.5 Å². The molecule has 0 fully saturated rings. The largest absolute Gasteiger partial charge is 0.369 e. The van der Waals surface area contributed by atoms with Gasteiger partial charge in [-0.15, -0.1) is 0 Å². The Hall–Kier alpha value is -6.20. The standard InChI is InChI=1S/C40H29N5/c1-27(28-15-5-2-6-16-28)42-39(29-17-7-3-8-18-29)43-40(41)45-36-24-14-12-22-32(36)34-25-33-31-21-11-13-23-35(31)44(37(33)26-38(34)45)30-19-9-4-10-20-30/h2-26H,1H2,(H2,41,42,43). The van der Waals surface area contributed by atoms with Crippen LogP contribution in [0.25, 0.3) is 55.0 Å². The number of amidine groups is 1. The van der Waals surface area contributed by atoms with Crippen molar-refractivity contribution >= 4 is 61.1 Å². The van der Waals surface area contributed by atoms with E-state index >= 15 is 0 Å². The minimum atomic E-state index is 0.325. The lowest BCUT2D eigenvalue weighted by molar-refractivity contribution is 1.18. The fourth-order valence-electron chi connectivity index (χ4n) is 6.26. The van der Waals surface area contributed by atoms with Crippen LogP contribution in [0.15, 0.2) is 168 Å². The third kappa shape index (κ3) is 4.50. The smallest absolute Gasteiger partial charge is 0.207 e. The highest BCUT2D eigenvalue weighted by atomic mass is 15.2. The maximum Gasteiger partial charge on any atom is 0.207 e. The molecule has 214 valence electrons. The Morgan fingerprint density at radius 3 is 1.71 bits per heavy atom. The Bertz CT molecular complexity index is 2430. The molecule has 0 unspecified atom stereocenters. The van der Waals surface area contributed by atoms with Gasteiger partial charge in [-0.2, -0.15) is 4.99 Å². The molecular weight excluding hydrogens is 550 g/mol. The summed E-state index contributed by atoms with van der Waals surface area (Å²) in [6.07, 6.45) is 0. The van der Waals surface area contributed by atoms with Crippen LogP contribution in [0, 0.1) is 0 Å². The molecule has 0 radical (unpaired) electrons. The van der Waals surface area contributed by atoms with Gasteiger partial charge in [0.15, 0.2) is 5.84 Å². The lowest BCUT2D eigenvalue weighted by Gasteiger charge is -2.10. The van der Waals surface area contributed by atoms with Crippen LogP contribution >= 0.6 is 0 Å². The van der Waals surface area contributed by atoms with E-state index in [1.165, 1.54) is 10.8 Å². The van der Waals surface area contributed by atoms with Crippen LogP contribution in [0.3, 0.4) is 0 Å². The first-order valence-electron chi connectivity index (χ1n) is 14.9. The number of nitrogens with two attached hydrogens (primary N) is 1. The van der Waals surface area contributed by atoms with E-state index in [4.69, 9.17) is 15.7 Å². The first kappa shape index (κ1) is 26.4. The van der Waals surface area contributed by atoms with Crippen LogP contribution in [0.5, 0.6) is 0 Å². The predicted octanol–water partition coefficient (Wildman–Crippen LogP) is 9.17. The van der Waals surface area contributed by atoms with Crippen molar-refractivity contribution in [1.29, 1.82) is 0 Å². The van der Waals surface area contributed by atoms with Gasteiger partial charge in [-0.1, -0.05) is 122 Å². The molecule has 5 nitrogen and oxygen atoms in total. The topological polar surface area (TPSA) is 60.6 Å². The van der Waals surface area contributed by atoms with E-state index < -0.39 is 0 Å². The van der Waals surface area contributed by atoms with E-state index in [1.807, 2.05) is 77.4 Å². The summed E-state index contributed by atoms with van der Waals surface area (Å²) < 4.78 is 4.36. The zero-order chi connectivity index (χ0) is 30.3. The number of aromatic nitrogens is 2. The van der Waals surface area contributed by atoms with Crippen LogP contribution in [0.2, 0.25) is 0 Å². The predicted molar refractivity (Wildman–Crippen MR) is 189 cm³/mol. The number of fused-ring (bicyclic) bond motifs is 6. The van der Waals surface area contributed by atoms with Crippen molar-refractivity contribution in [2.75, 3.05) is 0 Å². The van der Waals surface area contributed by atoms with Gasteiger partial charge in [0.1, 0.15) is 0 Å². The minimum Gasteiger partial charge on any atom is -0.369 e. The van der Waals surface area contributed by atoms with Gasteiger partial charge in [-0.05, 0) is 42.0 Å². The van der Waals surface area contributed by atoms with Gasteiger partial charge in [-0.25, -0.2) is 4.99 Å². The zero-order valence-electron chi connectivity index (χ0n) is 24.5. The Morgan fingerprint density at radius 1 is 0.489 bits per heavy atom. The average molecular weight is 580 g/mol. The first-order valence-corrected chi connectivity index (χ1v) is 14.9. The molecule has 8 rings (SSSR count). The third-order valence-corrected chi connectivity index (χ3v) is 8.31. The molecule has 45 heavy (non-hydrogen) atoms. The average Bonchev–Trinajstić information content (AvgIpc) is 3.60. The summed E-state index contributed by atoms with van der Waals surface area (Å²) in [6.45, 7) is 4.25. The maximum absolute atomic E-state index is 6.99. The lowest BCUT2D eigenvalue weighted by atomic mass is 10.1. The van der Waals surface area contributed by atoms with E-state index in [2.05, 4.69) is 90.0 Å². The van der Waals surface area contributed by atoms with Gasteiger partial charge in [0.05, 0.1) is 27.8 Å². The third-order valence-electron chi connectivity index (χ3n) is 8.31.